The number of hydrogen-bond donors (Lipinski definition) is 0. The monoisotopic (exact) mass is 330 g/mol. The molecule has 0 aromatic carbocycles. The van der Waals surface area contributed by atoms with Gasteiger partial charge in [0, 0.05) is 25.4 Å². The highest BCUT2D eigenvalue weighted by Crippen LogP contribution is 2.26. The van der Waals surface area contributed by atoms with Gasteiger partial charge in [0.2, 0.25) is 11.8 Å². The molecule has 128 valence electrons. The van der Waals surface area contributed by atoms with Crippen LogP contribution in [-0.4, -0.2) is 45.1 Å². The van der Waals surface area contributed by atoms with Crippen LogP contribution in [0, 0.1) is 6.92 Å². The van der Waals surface area contributed by atoms with Gasteiger partial charge in [-0.15, -0.1) is 0 Å². The number of aryl methyl sites for hydroxylation is 1. The fourth-order valence-corrected chi connectivity index (χ4v) is 2.84. The first-order valence-corrected chi connectivity index (χ1v) is 8.25. The summed E-state index contributed by atoms with van der Waals surface area (Å²) < 4.78 is 10.8. The molecule has 0 spiro atoms. The van der Waals surface area contributed by atoms with Crippen molar-refractivity contribution < 1.29 is 14.1 Å². The first-order chi connectivity index (χ1) is 11.5. The molecule has 0 radical (unpaired) electrons. The van der Waals surface area contributed by atoms with Crippen molar-refractivity contribution in [2.75, 3.05) is 13.1 Å². The van der Waals surface area contributed by atoms with E-state index in [4.69, 9.17) is 9.26 Å². The maximum atomic E-state index is 12.7. The fraction of sp³-hybridized carbons (Fsp3) is 0.529. The number of hydrogen-bond acceptors (Lipinski definition) is 6. The van der Waals surface area contributed by atoms with Crippen LogP contribution in [0.5, 0.6) is 5.88 Å². The van der Waals surface area contributed by atoms with Crippen molar-refractivity contribution in [3.63, 3.8) is 0 Å². The minimum Gasteiger partial charge on any atom is -0.475 e. The molecule has 1 amide bonds. The number of nitrogens with zero attached hydrogens (tertiary/aromatic N) is 4. The Labute approximate surface area is 141 Å². The number of carbonyl (C=O) groups excluding carboxylic acids is 1. The number of likely N-dealkylation sites (tertiary alicyclic amines) is 1. The molecule has 2 aromatic heterocycles. The van der Waals surface area contributed by atoms with Gasteiger partial charge >= 0.3 is 0 Å². The second-order valence-electron chi connectivity index (χ2n) is 6.32. The van der Waals surface area contributed by atoms with Crippen molar-refractivity contribution >= 4 is 5.91 Å². The lowest BCUT2D eigenvalue weighted by Gasteiger charge is -2.31. The van der Waals surface area contributed by atoms with Crippen LogP contribution in [0.4, 0.5) is 0 Å². The van der Waals surface area contributed by atoms with E-state index in [1.54, 1.807) is 25.3 Å². The van der Waals surface area contributed by atoms with Crippen LogP contribution in [-0.2, 0) is 0 Å². The number of rotatable bonds is 4. The molecule has 24 heavy (non-hydrogen) atoms. The Hall–Kier alpha value is -2.44. The molecule has 1 aliphatic rings. The first kappa shape index (κ1) is 16.4. The number of carbonyl (C=O) groups is 1. The van der Waals surface area contributed by atoms with E-state index in [0.717, 1.165) is 19.4 Å². The Morgan fingerprint density at radius 1 is 1.42 bits per heavy atom. The van der Waals surface area contributed by atoms with Crippen molar-refractivity contribution in [2.45, 2.75) is 45.6 Å². The third-order valence-electron chi connectivity index (χ3n) is 3.94. The Bertz CT molecular complexity index is 696. The molecule has 0 bridgehead atoms. The zero-order chi connectivity index (χ0) is 17.1. The minimum absolute atomic E-state index is 0.0282. The van der Waals surface area contributed by atoms with Gasteiger partial charge in [0.1, 0.15) is 0 Å². The number of amides is 1. The molecule has 2 aromatic rings. The third-order valence-corrected chi connectivity index (χ3v) is 3.94. The van der Waals surface area contributed by atoms with E-state index in [-0.39, 0.29) is 17.9 Å². The van der Waals surface area contributed by atoms with Crippen molar-refractivity contribution in [1.29, 1.82) is 0 Å². The molecule has 3 rings (SSSR count). The Morgan fingerprint density at radius 3 is 2.88 bits per heavy atom. The molecular formula is C17H22N4O3. The molecule has 0 aliphatic carbocycles. The predicted octanol–water partition coefficient (Wildman–Crippen LogP) is 2.58. The SMILES string of the molecule is Cc1noc([C@@H]2CCCN(C(=O)c3ccc(OC(C)C)nc3)C2)n1. The zero-order valence-corrected chi connectivity index (χ0v) is 14.2. The maximum Gasteiger partial charge on any atom is 0.255 e. The van der Waals surface area contributed by atoms with Crippen LogP contribution >= 0.6 is 0 Å². The quantitative estimate of drug-likeness (QED) is 0.857. The lowest BCUT2D eigenvalue weighted by atomic mass is 9.97. The average Bonchev–Trinajstić information content (AvgIpc) is 3.01. The highest BCUT2D eigenvalue weighted by atomic mass is 16.5. The molecule has 7 nitrogen and oxygen atoms in total. The van der Waals surface area contributed by atoms with Gasteiger partial charge < -0.3 is 14.2 Å². The third kappa shape index (κ3) is 3.72. The number of piperidine rings is 1. The van der Waals surface area contributed by atoms with Gasteiger partial charge in [-0.3, -0.25) is 4.79 Å². The van der Waals surface area contributed by atoms with Crippen molar-refractivity contribution in [2.24, 2.45) is 0 Å². The predicted molar refractivity (Wildman–Crippen MR) is 86.9 cm³/mol. The van der Waals surface area contributed by atoms with Gasteiger partial charge in [0.05, 0.1) is 17.6 Å². The topological polar surface area (TPSA) is 81.4 Å². The molecular weight excluding hydrogens is 308 g/mol. The Kier molecular flexibility index (Phi) is 4.78. The summed E-state index contributed by atoms with van der Waals surface area (Å²) in [6.45, 7) is 6.99. The highest BCUT2D eigenvalue weighted by molar-refractivity contribution is 5.94. The average molecular weight is 330 g/mol. The summed E-state index contributed by atoms with van der Waals surface area (Å²) in [6, 6.07) is 3.49. The standard InChI is InChI=1S/C17H22N4O3/c1-11(2)23-15-7-6-13(9-18-15)17(22)21-8-4-5-14(10-21)16-19-12(3)20-24-16/h6-7,9,11,14H,4-5,8,10H2,1-3H3/t14-/m1/s1. The summed E-state index contributed by atoms with van der Waals surface area (Å²) >= 11 is 0. The van der Waals surface area contributed by atoms with Crippen LogP contribution in [0.15, 0.2) is 22.9 Å². The summed E-state index contributed by atoms with van der Waals surface area (Å²) in [5, 5.41) is 3.84. The number of pyridine rings is 1. The van der Waals surface area contributed by atoms with Crippen molar-refractivity contribution in [1.82, 2.24) is 20.0 Å². The van der Waals surface area contributed by atoms with Gasteiger partial charge in [-0.1, -0.05) is 5.16 Å². The van der Waals surface area contributed by atoms with E-state index in [1.807, 2.05) is 18.7 Å². The van der Waals surface area contributed by atoms with E-state index in [9.17, 15) is 4.79 Å². The van der Waals surface area contributed by atoms with E-state index in [0.29, 0.717) is 29.7 Å². The molecule has 1 aliphatic heterocycles. The molecule has 0 N–H and O–H groups in total. The van der Waals surface area contributed by atoms with Crippen LogP contribution in [0.3, 0.4) is 0 Å². The van der Waals surface area contributed by atoms with E-state index in [1.165, 1.54) is 0 Å². The van der Waals surface area contributed by atoms with Crippen molar-refractivity contribution in [3.8, 4) is 5.88 Å². The van der Waals surface area contributed by atoms with Crippen LogP contribution < -0.4 is 4.74 Å². The summed E-state index contributed by atoms with van der Waals surface area (Å²) in [4.78, 5) is 23.0. The van der Waals surface area contributed by atoms with E-state index >= 15 is 0 Å². The number of ether oxygens (including phenoxy) is 1. The summed E-state index contributed by atoms with van der Waals surface area (Å²) in [5.74, 6) is 1.83. The molecule has 1 atom stereocenters. The van der Waals surface area contributed by atoms with Gasteiger partial charge in [-0.2, -0.15) is 4.98 Å². The van der Waals surface area contributed by atoms with E-state index in [2.05, 4.69) is 15.1 Å². The molecule has 0 unspecified atom stereocenters. The summed E-state index contributed by atoms with van der Waals surface area (Å²) in [6.07, 6.45) is 3.49. The molecule has 3 heterocycles. The van der Waals surface area contributed by atoms with Crippen LogP contribution in [0.2, 0.25) is 0 Å². The largest absolute Gasteiger partial charge is 0.475 e. The lowest BCUT2D eigenvalue weighted by molar-refractivity contribution is 0.0695. The van der Waals surface area contributed by atoms with E-state index < -0.39 is 0 Å². The Morgan fingerprint density at radius 2 is 2.25 bits per heavy atom. The van der Waals surface area contributed by atoms with Crippen LogP contribution in [0.1, 0.15) is 54.7 Å². The molecule has 7 heteroatoms. The summed E-state index contributed by atoms with van der Waals surface area (Å²) in [5.41, 5.74) is 0.563. The Balaban J connectivity index is 1.67. The molecule has 1 saturated heterocycles. The van der Waals surface area contributed by atoms with Crippen LogP contribution in [0.25, 0.3) is 0 Å². The second-order valence-corrected chi connectivity index (χ2v) is 6.32. The normalized spacial score (nSPS) is 18.0. The lowest BCUT2D eigenvalue weighted by Crippen LogP contribution is -2.39. The van der Waals surface area contributed by atoms with Gasteiger partial charge in [-0.05, 0) is 39.7 Å². The van der Waals surface area contributed by atoms with Gasteiger partial charge in [0.15, 0.2) is 5.82 Å². The smallest absolute Gasteiger partial charge is 0.255 e. The molecule has 1 fully saturated rings. The summed E-state index contributed by atoms with van der Waals surface area (Å²) in [7, 11) is 0. The first-order valence-electron chi connectivity index (χ1n) is 8.25. The fourth-order valence-electron chi connectivity index (χ4n) is 2.84. The van der Waals surface area contributed by atoms with Gasteiger partial charge in [0.25, 0.3) is 5.91 Å². The highest BCUT2D eigenvalue weighted by Gasteiger charge is 2.28. The maximum absolute atomic E-state index is 12.7. The second kappa shape index (κ2) is 6.98. The van der Waals surface area contributed by atoms with Crippen molar-refractivity contribution in [3.05, 3.63) is 35.6 Å². The minimum atomic E-state index is -0.0282. The zero-order valence-electron chi connectivity index (χ0n) is 14.2. The number of aromatic nitrogens is 3. The van der Waals surface area contributed by atoms with Gasteiger partial charge in [-0.25, -0.2) is 4.98 Å². The molecule has 0 saturated carbocycles.